The highest BCUT2D eigenvalue weighted by molar-refractivity contribution is 5.28. The lowest BCUT2D eigenvalue weighted by molar-refractivity contribution is 0.201. The lowest BCUT2D eigenvalue weighted by atomic mass is 10.1. The molecule has 13 heavy (non-hydrogen) atoms. The second-order valence-corrected chi connectivity index (χ2v) is 2.69. The van der Waals surface area contributed by atoms with E-state index in [0.29, 0.717) is 13.0 Å². The van der Waals surface area contributed by atoms with Crippen LogP contribution in [0.15, 0.2) is 24.3 Å². The van der Waals surface area contributed by atoms with E-state index in [1.165, 1.54) is 0 Å². The summed E-state index contributed by atoms with van der Waals surface area (Å²) < 4.78 is 5.21. The minimum absolute atomic E-state index is 0.0181. The minimum Gasteiger partial charge on any atom is -0.491 e. The topological polar surface area (TPSA) is 49.7 Å². The van der Waals surface area contributed by atoms with Crippen LogP contribution in [0.1, 0.15) is 5.56 Å². The van der Waals surface area contributed by atoms with E-state index in [0.717, 1.165) is 11.3 Å². The molecule has 0 aliphatic rings. The third kappa shape index (κ3) is 3.44. The average molecular weight is 182 g/mol. The van der Waals surface area contributed by atoms with Crippen molar-refractivity contribution >= 4 is 0 Å². The molecule has 3 nitrogen and oxygen atoms in total. The fourth-order valence-electron chi connectivity index (χ4n) is 1.08. The van der Waals surface area contributed by atoms with Gasteiger partial charge < -0.3 is 14.9 Å². The standard InChI is InChI=1S/C10H14O3/c11-5-4-9-2-1-3-10(8-9)13-7-6-12/h1-3,8,11-12H,4-7H2. The van der Waals surface area contributed by atoms with Crippen molar-refractivity contribution in [2.45, 2.75) is 6.42 Å². The molecular weight excluding hydrogens is 168 g/mol. The number of hydrogen-bond donors (Lipinski definition) is 2. The van der Waals surface area contributed by atoms with Gasteiger partial charge in [-0.3, -0.25) is 0 Å². The van der Waals surface area contributed by atoms with Crippen LogP contribution in [0.3, 0.4) is 0 Å². The van der Waals surface area contributed by atoms with Crippen LogP contribution < -0.4 is 4.74 Å². The van der Waals surface area contributed by atoms with Crippen molar-refractivity contribution in [1.82, 2.24) is 0 Å². The smallest absolute Gasteiger partial charge is 0.119 e. The van der Waals surface area contributed by atoms with Crippen LogP contribution >= 0.6 is 0 Å². The van der Waals surface area contributed by atoms with Gasteiger partial charge in [0.25, 0.3) is 0 Å². The second-order valence-electron chi connectivity index (χ2n) is 2.69. The van der Waals surface area contributed by atoms with E-state index < -0.39 is 0 Å². The summed E-state index contributed by atoms with van der Waals surface area (Å²) >= 11 is 0. The third-order valence-corrected chi connectivity index (χ3v) is 1.66. The van der Waals surface area contributed by atoms with Gasteiger partial charge >= 0.3 is 0 Å². The van der Waals surface area contributed by atoms with Crippen LogP contribution in [0, 0.1) is 0 Å². The van der Waals surface area contributed by atoms with Gasteiger partial charge in [-0.05, 0) is 24.1 Å². The van der Waals surface area contributed by atoms with E-state index in [9.17, 15) is 0 Å². The van der Waals surface area contributed by atoms with Crippen LogP contribution in [0.5, 0.6) is 5.75 Å². The Labute approximate surface area is 77.6 Å². The number of aliphatic hydroxyl groups is 2. The molecule has 0 aliphatic heterocycles. The molecule has 0 amide bonds. The summed E-state index contributed by atoms with van der Waals surface area (Å²) in [6.07, 6.45) is 0.635. The van der Waals surface area contributed by atoms with Gasteiger partial charge in [0, 0.05) is 6.61 Å². The fraction of sp³-hybridized carbons (Fsp3) is 0.400. The number of ether oxygens (including phenoxy) is 1. The van der Waals surface area contributed by atoms with E-state index in [4.69, 9.17) is 14.9 Å². The fourth-order valence-corrected chi connectivity index (χ4v) is 1.08. The average Bonchev–Trinajstić information content (AvgIpc) is 2.16. The lowest BCUT2D eigenvalue weighted by Crippen LogP contribution is -2.02. The first-order valence-corrected chi connectivity index (χ1v) is 4.30. The van der Waals surface area contributed by atoms with Crippen LogP contribution in [-0.2, 0) is 6.42 Å². The molecule has 0 radical (unpaired) electrons. The van der Waals surface area contributed by atoms with E-state index in [1.54, 1.807) is 0 Å². The van der Waals surface area contributed by atoms with Gasteiger partial charge in [0.05, 0.1) is 6.61 Å². The summed E-state index contributed by atoms with van der Waals surface area (Å²) in [4.78, 5) is 0. The van der Waals surface area contributed by atoms with E-state index in [1.807, 2.05) is 24.3 Å². The Balaban J connectivity index is 2.56. The first-order valence-electron chi connectivity index (χ1n) is 4.30. The van der Waals surface area contributed by atoms with Gasteiger partial charge in [-0.15, -0.1) is 0 Å². The van der Waals surface area contributed by atoms with Crippen molar-refractivity contribution in [2.75, 3.05) is 19.8 Å². The Bertz CT molecular complexity index is 248. The largest absolute Gasteiger partial charge is 0.491 e. The van der Waals surface area contributed by atoms with Gasteiger partial charge in [-0.1, -0.05) is 12.1 Å². The summed E-state index contributed by atoms with van der Waals surface area (Å²) in [5.41, 5.74) is 1.04. The SMILES string of the molecule is OCCOc1cccc(CCO)c1. The van der Waals surface area contributed by atoms with Crippen LogP contribution in [-0.4, -0.2) is 30.0 Å². The zero-order valence-corrected chi connectivity index (χ0v) is 7.44. The number of benzene rings is 1. The molecule has 72 valence electrons. The summed E-state index contributed by atoms with van der Waals surface area (Å²) in [5.74, 6) is 0.736. The molecule has 0 bridgehead atoms. The maximum atomic E-state index is 8.71. The Kier molecular flexibility index (Phi) is 4.29. The normalized spacial score (nSPS) is 10.0. The van der Waals surface area contributed by atoms with Gasteiger partial charge in [0.1, 0.15) is 12.4 Å². The van der Waals surface area contributed by atoms with Crippen LogP contribution in [0.4, 0.5) is 0 Å². The second kappa shape index (κ2) is 5.56. The monoisotopic (exact) mass is 182 g/mol. The highest BCUT2D eigenvalue weighted by Gasteiger charge is 1.95. The number of aliphatic hydroxyl groups excluding tert-OH is 2. The van der Waals surface area contributed by atoms with Crippen molar-refractivity contribution < 1.29 is 14.9 Å². The molecule has 0 unspecified atom stereocenters. The highest BCUT2D eigenvalue weighted by Crippen LogP contribution is 2.13. The third-order valence-electron chi connectivity index (χ3n) is 1.66. The maximum absolute atomic E-state index is 8.71. The molecule has 0 heterocycles. The Morgan fingerprint density at radius 2 is 2.00 bits per heavy atom. The molecule has 0 fully saturated rings. The van der Waals surface area contributed by atoms with E-state index >= 15 is 0 Å². The van der Waals surface area contributed by atoms with Crippen LogP contribution in [0.25, 0.3) is 0 Å². The van der Waals surface area contributed by atoms with Crippen LogP contribution in [0.2, 0.25) is 0 Å². The summed E-state index contributed by atoms with van der Waals surface area (Å²) in [5, 5.41) is 17.2. The number of rotatable bonds is 5. The molecule has 1 aromatic carbocycles. The first-order chi connectivity index (χ1) is 6.36. The predicted octanol–water partition coefficient (Wildman–Crippen LogP) is 0.592. The van der Waals surface area contributed by atoms with Crippen molar-refractivity contribution in [3.63, 3.8) is 0 Å². The molecule has 0 spiro atoms. The molecule has 0 aliphatic carbocycles. The zero-order chi connectivity index (χ0) is 9.52. The molecule has 0 saturated heterocycles. The van der Waals surface area contributed by atoms with Gasteiger partial charge in [0.15, 0.2) is 0 Å². The van der Waals surface area contributed by atoms with E-state index in [-0.39, 0.29) is 13.2 Å². The van der Waals surface area contributed by atoms with Gasteiger partial charge in [-0.25, -0.2) is 0 Å². The molecular formula is C10H14O3. The van der Waals surface area contributed by atoms with Crippen molar-refractivity contribution in [3.05, 3.63) is 29.8 Å². The van der Waals surface area contributed by atoms with Gasteiger partial charge in [-0.2, -0.15) is 0 Å². The molecule has 2 N–H and O–H groups in total. The molecule has 0 aromatic heterocycles. The van der Waals surface area contributed by atoms with Gasteiger partial charge in [0.2, 0.25) is 0 Å². The molecule has 3 heteroatoms. The minimum atomic E-state index is 0.0181. The Morgan fingerprint density at radius 3 is 2.69 bits per heavy atom. The first kappa shape index (κ1) is 10.0. The quantitative estimate of drug-likeness (QED) is 0.700. The molecule has 1 rings (SSSR count). The van der Waals surface area contributed by atoms with Crippen molar-refractivity contribution in [3.8, 4) is 5.75 Å². The van der Waals surface area contributed by atoms with Crippen molar-refractivity contribution in [2.24, 2.45) is 0 Å². The summed E-state index contributed by atoms with van der Waals surface area (Å²) in [7, 11) is 0. The zero-order valence-electron chi connectivity index (χ0n) is 7.44. The predicted molar refractivity (Wildman–Crippen MR) is 49.8 cm³/mol. The maximum Gasteiger partial charge on any atom is 0.119 e. The Hall–Kier alpha value is -1.06. The molecule has 0 saturated carbocycles. The Morgan fingerprint density at radius 1 is 1.15 bits per heavy atom. The lowest BCUT2D eigenvalue weighted by Gasteiger charge is -2.05. The molecule has 1 aromatic rings. The summed E-state index contributed by atoms with van der Waals surface area (Å²) in [6.45, 7) is 0.469. The molecule has 0 atom stereocenters. The highest BCUT2D eigenvalue weighted by atomic mass is 16.5. The van der Waals surface area contributed by atoms with E-state index in [2.05, 4.69) is 0 Å². The van der Waals surface area contributed by atoms with Crippen molar-refractivity contribution in [1.29, 1.82) is 0 Å². The number of hydrogen-bond acceptors (Lipinski definition) is 3. The summed E-state index contributed by atoms with van der Waals surface area (Å²) in [6, 6.07) is 7.50.